The molecule has 0 radical (unpaired) electrons. The first-order valence-corrected chi connectivity index (χ1v) is 9.44. The van der Waals surface area contributed by atoms with E-state index in [1.165, 1.54) is 12.8 Å². The average molecular weight is 361 g/mol. The summed E-state index contributed by atoms with van der Waals surface area (Å²) in [7, 11) is 0. The second kappa shape index (κ2) is 9.46. The highest BCUT2D eigenvalue weighted by molar-refractivity contribution is 5.78. The number of benzene rings is 1. The van der Waals surface area contributed by atoms with Gasteiger partial charge >= 0.3 is 6.09 Å². The van der Waals surface area contributed by atoms with Crippen LogP contribution in [0.2, 0.25) is 0 Å². The van der Waals surface area contributed by atoms with E-state index in [1.54, 1.807) is 0 Å². The van der Waals surface area contributed by atoms with Gasteiger partial charge in [-0.05, 0) is 39.2 Å². The molecule has 1 heterocycles. The fraction of sp³-hybridized carbons (Fsp3) is 0.600. The number of amides is 1. The van der Waals surface area contributed by atoms with Crippen LogP contribution in [-0.4, -0.2) is 42.2 Å². The van der Waals surface area contributed by atoms with Gasteiger partial charge in [0.05, 0.1) is 12.6 Å². The molecule has 144 valence electrons. The highest BCUT2D eigenvalue weighted by Crippen LogP contribution is 2.16. The number of hydrogen-bond donors (Lipinski definition) is 2. The maximum Gasteiger partial charge on any atom is 0.408 e. The third kappa shape index (κ3) is 6.94. The Bertz CT molecular complexity index is 588. The molecule has 1 aliphatic heterocycles. The number of guanidine groups is 1. The predicted octanol–water partition coefficient (Wildman–Crippen LogP) is 3.44. The van der Waals surface area contributed by atoms with E-state index in [9.17, 15) is 4.79 Å². The lowest BCUT2D eigenvalue weighted by molar-refractivity contribution is 0.0505. The summed E-state index contributed by atoms with van der Waals surface area (Å²) in [6, 6.07) is 9.50. The van der Waals surface area contributed by atoms with Crippen LogP contribution in [0.15, 0.2) is 35.3 Å². The fourth-order valence-electron chi connectivity index (χ4n) is 2.95. The van der Waals surface area contributed by atoms with E-state index >= 15 is 0 Å². The molecule has 6 nitrogen and oxygen atoms in total. The van der Waals surface area contributed by atoms with Crippen molar-refractivity contribution in [1.29, 1.82) is 0 Å². The standard InChI is InChI=1S/C20H32N4O2/c1-20(2,3)26-19(25)23-17(16-11-7-6-8-12-16)15-22-18(21)24-13-9-4-5-10-14-24/h6-8,11-12,17H,4-5,9-10,13-15H2,1-3H3,(H2,21,22)(H,23,25). The van der Waals surface area contributed by atoms with Gasteiger partial charge in [-0.25, -0.2) is 4.79 Å². The molecule has 1 aromatic rings. The van der Waals surface area contributed by atoms with Crippen LogP contribution >= 0.6 is 0 Å². The minimum atomic E-state index is -0.542. The summed E-state index contributed by atoms with van der Waals surface area (Å²) >= 11 is 0. The van der Waals surface area contributed by atoms with Gasteiger partial charge in [-0.3, -0.25) is 4.99 Å². The summed E-state index contributed by atoms with van der Waals surface area (Å²) in [5.74, 6) is 0.554. The molecule has 0 saturated carbocycles. The van der Waals surface area contributed by atoms with E-state index < -0.39 is 11.7 Å². The first-order valence-electron chi connectivity index (χ1n) is 9.44. The van der Waals surface area contributed by atoms with Crippen molar-refractivity contribution in [2.24, 2.45) is 10.7 Å². The van der Waals surface area contributed by atoms with Crippen molar-refractivity contribution in [2.75, 3.05) is 19.6 Å². The molecule has 1 unspecified atom stereocenters. The monoisotopic (exact) mass is 360 g/mol. The van der Waals surface area contributed by atoms with E-state index in [4.69, 9.17) is 10.5 Å². The van der Waals surface area contributed by atoms with E-state index in [-0.39, 0.29) is 6.04 Å². The summed E-state index contributed by atoms with van der Waals surface area (Å²) in [5, 5.41) is 2.92. The number of likely N-dealkylation sites (tertiary alicyclic amines) is 1. The molecular formula is C20H32N4O2. The Labute approximate surface area is 156 Å². The zero-order chi connectivity index (χ0) is 19.0. The molecule has 6 heteroatoms. The maximum absolute atomic E-state index is 12.2. The summed E-state index contributed by atoms with van der Waals surface area (Å²) in [5.41, 5.74) is 6.64. The fourth-order valence-corrected chi connectivity index (χ4v) is 2.95. The first kappa shape index (κ1) is 20.1. The normalized spacial score (nSPS) is 17.3. The smallest absolute Gasteiger partial charge is 0.408 e. The quantitative estimate of drug-likeness (QED) is 0.637. The van der Waals surface area contributed by atoms with Crippen LogP contribution in [0.1, 0.15) is 58.1 Å². The Hall–Kier alpha value is -2.24. The highest BCUT2D eigenvalue weighted by atomic mass is 16.6. The molecule has 26 heavy (non-hydrogen) atoms. The Kier molecular flexibility index (Phi) is 7.30. The van der Waals surface area contributed by atoms with E-state index in [0.717, 1.165) is 31.5 Å². The largest absolute Gasteiger partial charge is 0.444 e. The Morgan fingerprint density at radius 2 is 1.81 bits per heavy atom. The van der Waals surface area contributed by atoms with Gasteiger partial charge in [-0.2, -0.15) is 0 Å². The molecule has 0 bridgehead atoms. The lowest BCUT2D eigenvalue weighted by Crippen LogP contribution is -2.39. The molecule has 2 rings (SSSR count). The van der Waals surface area contributed by atoms with Gasteiger partial charge in [0, 0.05) is 13.1 Å². The SMILES string of the molecule is CC(C)(C)OC(=O)NC(CN=C(N)N1CCCCCC1)c1ccccc1. The Morgan fingerprint density at radius 1 is 1.19 bits per heavy atom. The number of nitrogens with two attached hydrogens (primary N) is 1. The molecule has 0 aromatic heterocycles. The van der Waals surface area contributed by atoms with Crippen molar-refractivity contribution in [3.8, 4) is 0 Å². The number of alkyl carbamates (subject to hydrolysis) is 1. The zero-order valence-corrected chi connectivity index (χ0v) is 16.2. The predicted molar refractivity (Wildman–Crippen MR) is 105 cm³/mol. The van der Waals surface area contributed by atoms with Gasteiger partial charge in [0.2, 0.25) is 0 Å². The number of aliphatic imine (C=N–C) groups is 1. The molecule has 1 atom stereocenters. The van der Waals surface area contributed by atoms with Gasteiger partial charge < -0.3 is 20.7 Å². The Balaban J connectivity index is 2.06. The van der Waals surface area contributed by atoms with Gasteiger partial charge in [0.25, 0.3) is 0 Å². The van der Waals surface area contributed by atoms with E-state index in [2.05, 4.69) is 15.2 Å². The maximum atomic E-state index is 12.2. The first-order chi connectivity index (χ1) is 12.3. The van der Waals surface area contributed by atoms with Crippen LogP contribution in [0.25, 0.3) is 0 Å². The molecule has 1 aromatic carbocycles. The number of ether oxygens (including phenoxy) is 1. The second-order valence-electron chi connectivity index (χ2n) is 7.71. The van der Waals surface area contributed by atoms with Crippen LogP contribution in [-0.2, 0) is 4.74 Å². The van der Waals surface area contributed by atoms with Crippen molar-refractivity contribution in [3.05, 3.63) is 35.9 Å². The van der Waals surface area contributed by atoms with E-state index in [0.29, 0.717) is 12.5 Å². The highest BCUT2D eigenvalue weighted by Gasteiger charge is 2.21. The lowest BCUT2D eigenvalue weighted by Gasteiger charge is -2.24. The third-order valence-electron chi connectivity index (χ3n) is 4.26. The zero-order valence-electron chi connectivity index (χ0n) is 16.2. The summed E-state index contributed by atoms with van der Waals surface area (Å²) < 4.78 is 5.39. The number of carbonyl (C=O) groups is 1. The minimum absolute atomic E-state index is 0.281. The van der Waals surface area contributed by atoms with Crippen molar-refractivity contribution in [1.82, 2.24) is 10.2 Å². The number of carbonyl (C=O) groups excluding carboxylic acids is 1. The molecule has 3 N–H and O–H groups in total. The molecule has 0 spiro atoms. The molecule has 0 aliphatic carbocycles. The number of nitrogens with one attached hydrogen (secondary N) is 1. The van der Waals surface area contributed by atoms with Gasteiger partial charge in [-0.1, -0.05) is 43.2 Å². The minimum Gasteiger partial charge on any atom is -0.444 e. The summed E-state index contributed by atoms with van der Waals surface area (Å²) in [6.45, 7) is 7.82. The van der Waals surface area contributed by atoms with Crippen molar-refractivity contribution >= 4 is 12.1 Å². The molecule has 1 saturated heterocycles. The number of nitrogens with zero attached hydrogens (tertiary/aromatic N) is 2. The van der Waals surface area contributed by atoms with Crippen LogP contribution in [0.4, 0.5) is 4.79 Å². The molecule has 1 aliphatic rings. The third-order valence-corrected chi connectivity index (χ3v) is 4.26. The van der Waals surface area contributed by atoms with Crippen LogP contribution < -0.4 is 11.1 Å². The summed E-state index contributed by atoms with van der Waals surface area (Å²) in [6.07, 6.45) is 4.34. The molecule has 1 fully saturated rings. The number of hydrogen-bond acceptors (Lipinski definition) is 3. The van der Waals surface area contributed by atoms with E-state index in [1.807, 2.05) is 51.1 Å². The van der Waals surface area contributed by atoms with Crippen molar-refractivity contribution in [3.63, 3.8) is 0 Å². The second-order valence-corrected chi connectivity index (χ2v) is 7.71. The molecular weight excluding hydrogens is 328 g/mol. The number of rotatable bonds is 4. The van der Waals surface area contributed by atoms with Crippen LogP contribution in [0.5, 0.6) is 0 Å². The summed E-state index contributed by atoms with van der Waals surface area (Å²) in [4.78, 5) is 18.9. The van der Waals surface area contributed by atoms with Gasteiger partial charge in [0.1, 0.15) is 5.60 Å². The van der Waals surface area contributed by atoms with Crippen molar-refractivity contribution < 1.29 is 9.53 Å². The van der Waals surface area contributed by atoms with Crippen LogP contribution in [0, 0.1) is 0 Å². The van der Waals surface area contributed by atoms with Crippen molar-refractivity contribution in [2.45, 2.75) is 58.1 Å². The van der Waals surface area contributed by atoms with Gasteiger partial charge in [0.15, 0.2) is 5.96 Å². The molecule has 1 amide bonds. The Morgan fingerprint density at radius 3 is 2.38 bits per heavy atom. The topological polar surface area (TPSA) is 79.9 Å². The lowest BCUT2D eigenvalue weighted by atomic mass is 10.1. The van der Waals surface area contributed by atoms with Gasteiger partial charge in [-0.15, -0.1) is 0 Å². The van der Waals surface area contributed by atoms with Crippen LogP contribution in [0.3, 0.4) is 0 Å². The average Bonchev–Trinajstić information content (AvgIpc) is 2.87.